The molecule has 1 aliphatic heterocycles. The van der Waals surface area contributed by atoms with Crippen molar-refractivity contribution in [3.8, 4) is 0 Å². The first-order valence-corrected chi connectivity index (χ1v) is 7.20. The third kappa shape index (κ3) is 3.69. The van der Waals surface area contributed by atoms with E-state index in [1.54, 1.807) is 6.20 Å². The van der Waals surface area contributed by atoms with Gasteiger partial charge in [0.15, 0.2) is 0 Å². The minimum atomic E-state index is -0.0902. The first-order chi connectivity index (χ1) is 9.20. The number of anilines is 1. The van der Waals surface area contributed by atoms with Gasteiger partial charge in [0.1, 0.15) is 5.69 Å². The smallest absolute Gasteiger partial charge is 0.269 e. The largest absolute Gasteiger partial charge is 0.371 e. The molecule has 0 radical (unpaired) electrons. The lowest BCUT2D eigenvalue weighted by Crippen LogP contribution is -2.26. The summed E-state index contributed by atoms with van der Waals surface area (Å²) in [5.74, 6) is 0.710. The predicted octanol–water partition coefficient (Wildman–Crippen LogP) is 2.46. The highest BCUT2D eigenvalue weighted by Crippen LogP contribution is 2.22. The predicted molar refractivity (Wildman–Crippen MR) is 77.5 cm³/mol. The highest BCUT2D eigenvalue weighted by molar-refractivity contribution is 5.93. The molecule has 0 spiro atoms. The summed E-state index contributed by atoms with van der Waals surface area (Å²) in [6, 6.07) is 3.90. The summed E-state index contributed by atoms with van der Waals surface area (Å²) in [5, 5.41) is 2.79. The van der Waals surface area contributed by atoms with E-state index in [1.165, 1.54) is 19.3 Å². The van der Waals surface area contributed by atoms with Crippen molar-refractivity contribution in [1.82, 2.24) is 10.3 Å². The molecule has 0 aromatic carbocycles. The minimum absolute atomic E-state index is 0.0902. The van der Waals surface area contributed by atoms with Gasteiger partial charge < -0.3 is 10.2 Å². The van der Waals surface area contributed by atoms with Crippen LogP contribution >= 0.6 is 0 Å². The molecule has 2 heterocycles. The minimum Gasteiger partial charge on any atom is -0.371 e. The summed E-state index contributed by atoms with van der Waals surface area (Å²) >= 11 is 0. The second-order valence-corrected chi connectivity index (χ2v) is 5.28. The van der Waals surface area contributed by atoms with Gasteiger partial charge >= 0.3 is 0 Å². The zero-order chi connectivity index (χ0) is 13.7. The van der Waals surface area contributed by atoms with Gasteiger partial charge in [-0.15, -0.1) is 0 Å². The molecule has 1 N–H and O–H groups in total. The Morgan fingerprint density at radius 3 is 3.11 bits per heavy atom. The number of carbonyl (C=O) groups excluding carboxylic acids is 1. The molecule has 19 heavy (non-hydrogen) atoms. The lowest BCUT2D eigenvalue weighted by molar-refractivity contribution is 0.0951. The molecule has 1 aromatic heterocycles. The van der Waals surface area contributed by atoms with E-state index in [9.17, 15) is 4.79 Å². The molecule has 0 saturated carbocycles. The molecule has 0 aliphatic carbocycles. The summed E-state index contributed by atoms with van der Waals surface area (Å²) in [5.41, 5.74) is 1.63. The molecule has 4 heteroatoms. The topological polar surface area (TPSA) is 45.2 Å². The van der Waals surface area contributed by atoms with Crippen LogP contribution in [0.15, 0.2) is 18.3 Å². The van der Waals surface area contributed by atoms with Crippen molar-refractivity contribution in [3.63, 3.8) is 0 Å². The average Bonchev–Trinajstić information content (AvgIpc) is 2.64. The van der Waals surface area contributed by atoms with Gasteiger partial charge in [-0.3, -0.25) is 9.78 Å². The summed E-state index contributed by atoms with van der Waals surface area (Å²) in [7, 11) is 0. The fraction of sp³-hybridized carbons (Fsp3) is 0.600. The number of aromatic nitrogens is 1. The molecule has 1 amide bonds. The Labute approximate surface area is 115 Å². The maximum absolute atomic E-state index is 11.8. The Morgan fingerprint density at radius 2 is 2.32 bits per heavy atom. The van der Waals surface area contributed by atoms with Crippen LogP contribution in [0.5, 0.6) is 0 Å². The number of amides is 1. The number of rotatable bonds is 3. The molecule has 1 aromatic rings. The number of pyridine rings is 1. The van der Waals surface area contributed by atoms with Crippen molar-refractivity contribution < 1.29 is 4.79 Å². The lowest BCUT2D eigenvalue weighted by atomic mass is 10.0. The standard InChI is InChI=1S/C15H23N3O/c1-3-16-15(19)14-11-13(6-8-17-14)18-9-4-5-12(2)7-10-18/h6,8,11-12H,3-5,7,9-10H2,1-2H3,(H,16,19)/t12-/m1/s1. The molecule has 0 bridgehead atoms. The number of hydrogen-bond donors (Lipinski definition) is 1. The van der Waals surface area contributed by atoms with Crippen molar-refractivity contribution in [2.45, 2.75) is 33.1 Å². The van der Waals surface area contributed by atoms with Gasteiger partial charge in [-0.25, -0.2) is 0 Å². The van der Waals surface area contributed by atoms with Crippen LogP contribution in [-0.4, -0.2) is 30.5 Å². The molecule has 1 atom stereocenters. The molecule has 104 valence electrons. The Kier molecular flexibility index (Phi) is 4.77. The molecule has 1 fully saturated rings. The van der Waals surface area contributed by atoms with Crippen LogP contribution in [0.4, 0.5) is 5.69 Å². The molecule has 2 rings (SSSR count). The van der Waals surface area contributed by atoms with Crippen molar-refractivity contribution in [2.24, 2.45) is 5.92 Å². The van der Waals surface area contributed by atoms with Gasteiger partial charge in [0.05, 0.1) is 0 Å². The van der Waals surface area contributed by atoms with E-state index in [4.69, 9.17) is 0 Å². The van der Waals surface area contributed by atoms with Gasteiger partial charge in [0.2, 0.25) is 0 Å². The normalized spacial score (nSPS) is 19.9. The summed E-state index contributed by atoms with van der Waals surface area (Å²) in [6.07, 6.45) is 5.47. The fourth-order valence-electron chi connectivity index (χ4n) is 2.51. The molecule has 1 aliphatic rings. The van der Waals surface area contributed by atoms with E-state index in [1.807, 2.05) is 19.1 Å². The Balaban J connectivity index is 2.11. The van der Waals surface area contributed by atoms with Crippen LogP contribution in [0.25, 0.3) is 0 Å². The van der Waals surface area contributed by atoms with Crippen molar-refractivity contribution >= 4 is 11.6 Å². The number of hydrogen-bond acceptors (Lipinski definition) is 3. The van der Waals surface area contributed by atoms with Gasteiger partial charge in [-0.1, -0.05) is 6.92 Å². The van der Waals surface area contributed by atoms with E-state index in [-0.39, 0.29) is 5.91 Å². The van der Waals surface area contributed by atoms with E-state index in [2.05, 4.69) is 22.1 Å². The maximum Gasteiger partial charge on any atom is 0.269 e. The highest BCUT2D eigenvalue weighted by Gasteiger charge is 2.15. The Morgan fingerprint density at radius 1 is 1.47 bits per heavy atom. The van der Waals surface area contributed by atoms with Gasteiger partial charge in [-0.2, -0.15) is 0 Å². The van der Waals surface area contributed by atoms with Crippen molar-refractivity contribution in [1.29, 1.82) is 0 Å². The number of nitrogens with one attached hydrogen (secondary N) is 1. The van der Waals surface area contributed by atoms with Gasteiger partial charge in [-0.05, 0) is 44.2 Å². The third-order valence-corrected chi connectivity index (χ3v) is 3.70. The molecular weight excluding hydrogens is 238 g/mol. The second-order valence-electron chi connectivity index (χ2n) is 5.28. The highest BCUT2D eigenvalue weighted by atomic mass is 16.1. The molecular formula is C15H23N3O. The fourth-order valence-corrected chi connectivity index (χ4v) is 2.51. The Hall–Kier alpha value is -1.58. The van der Waals surface area contributed by atoms with E-state index in [0.29, 0.717) is 12.2 Å². The SMILES string of the molecule is CCNC(=O)c1cc(N2CCC[C@@H](C)CC2)ccn1. The molecule has 0 unspecified atom stereocenters. The zero-order valence-electron chi connectivity index (χ0n) is 11.9. The molecule has 1 saturated heterocycles. The summed E-state index contributed by atoms with van der Waals surface area (Å²) < 4.78 is 0. The lowest BCUT2D eigenvalue weighted by Gasteiger charge is -2.23. The van der Waals surface area contributed by atoms with Crippen LogP contribution in [-0.2, 0) is 0 Å². The van der Waals surface area contributed by atoms with Crippen molar-refractivity contribution in [3.05, 3.63) is 24.0 Å². The first kappa shape index (κ1) is 13.8. The maximum atomic E-state index is 11.8. The second kappa shape index (κ2) is 6.55. The van der Waals surface area contributed by atoms with E-state index in [0.717, 1.165) is 24.7 Å². The average molecular weight is 261 g/mol. The van der Waals surface area contributed by atoms with E-state index < -0.39 is 0 Å². The molecule has 4 nitrogen and oxygen atoms in total. The first-order valence-electron chi connectivity index (χ1n) is 7.20. The van der Waals surface area contributed by atoms with Crippen LogP contribution in [0.1, 0.15) is 43.6 Å². The van der Waals surface area contributed by atoms with Crippen LogP contribution in [0.3, 0.4) is 0 Å². The number of carbonyl (C=O) groups is 1. The van der Waals surface area contributed by atoms with Crippen molar-refractivity contribution in [2.75, 3.05) is 24.5 Å². The van der Waals surface area contributed by atoms with Gasteiger partial charge in [0, 0.05) is 31.5 Å². The monoisotopic (exact) mass is 261 g/mol. The third-order valence-electron chi connectivity index (χ3n) is 3.70. The van der Waals surface area contributed by atoms with Crippen LogP contribution < -0.4 is 10.2 Å². The zero-order valence-corrected chi connectivity index (χ0v) is 11.9. The van der Waals surface area contributed by atoms with Crippen LogP contribution in [0.2, 0.25) is 0 Å². The van der Waals surface area contributed by atoms with Gasteiger partial charge in [0.25, 0.3) is 5.91 Å². The number of nitrogens with zero attached hydrogens (tertiary/aromatic N) is 2. The summed E-state index contributed by atoms with van der Waals surface area (Å²) in [6.45, 7) is 7.00. The van der Waals surface area contributed by atoms with Crippen LogP contribution in [0, 0.1) is 5.92 Å². The summed E-state index contributed by atoms with van der Waals surface area (Å²) in [4.78, 5) is 18.3. The Bertz CT molecular complexity index is 433. The quantitative estimate of drug-likeness (QED) is 0.909. The van der Waals surface area contributed by atoms with E-state index >= 15 is 0 Å².